The summed E-state index contributed by atoms with van der Waals surface area (Å²) in [7, 11) is 0. The Morgan fingerprint density at radius 2 is 1.59 bits per heavy atom. The van der Waals surface area contributed by atoms with Crippen molar-refractivity contribution in [3.8, 4) is 0 Å². The van der Waals surface area contributed by atoms with Crippen LogP contribution in [0.5, 0.6) is 0 Å². The SMILES string of the molecule is O=C(CCCCCN1C(=O)c2ccccc2C1=O)Nc1cccc2cccnc12. The lowest BCUT2D eigenvalue weighted by Gasteiger charge is -2.13. The fraction of sp³-hybridized carbons (Fsp3) is 0.217. The van der Waals surface area contributed by atoms with Crippen molar-refractivity contribution in [2.24, 2.45) is 0 Å². The van der Waals surface area contributed by atoms with Gasteiger partial charge in [-0.3, -0.25) is 24.3 Å². The Morgan fingerprint density at radius 1 is 0.862 bits per heavy atom. The van der Waals surface area contributed by atoms with Crippen molar-refractivity contribution < 1.29 is 14.4 Å². The second-order valence-electron chi connectivity index (χ2n) is 7.05. The number of hydrogen-bond acceptors (Lipinski definition) is 4. The van der Waals surface area contributed by atoms with E-state index in [1.807, 2.05) is 30.3 Å². The normalized spacial score (nSPS) is 13.0. The molecule has 1 aromatic heterocycles. The second kappa shape index (κ2) is 8.22. The molecule has 0 saturated heterocycles. The number of carbonyl (C=O) groups excluding carboxylic acids is 3. The highest BCUT2D eigenvalue weighted by molar-refractivity contribution is 6.21. The van der Waals surface area contributed by atoms with E-state index in [-0.39, 0.29) is 17.7 Å². The molecule has 2 heterocycles. The zero-order valence-electron chi connectivity index (χ0n) is 15.9. The number of benzene rings is 2. The van der Waals surface area contributed by atoms with Gasteiger partial charge >= 0.3 is 0 Å². The molecular weight excluding hydrogens is 366 g/mol. The van der Waals surface area contributed by atoms with E-state index >= 15 is 0 Å². The Bertz CT molecular complexity index is 1050. The number of hydrogen-bond donors (Lipinski definition) is 1. The van der Waals surface area contributed by atoms with Crippen molar-refractivity contribution in [3.05, 3.63) is 71.9 Å². The minimum atomic E-state index is -0.230. The predicted molar refractivity (Wildman–Crippen MR) is 111 cm³/mol. The summed E-state index contributed by atoms with van der Waals surface area (Å²) in [6, 6.07) is 16.4. The zero-order chi connectivity index (χ0) is 20.2. The number of nitrogens with zero attached hydrogens (tertiary/aromatic N) is 2. The number of unbranched alkanes of at least 4 members (excludes halogenated alkanes) is 2. The number of rotatable bonds is 7. The largest absolute Gasteiger partial charge is 0.324 e. The Labute approximate surface area is 168 Å². The Balaban J connectivity index is 1.24. The molecule has 3 amide bonds. The highest BCUT2D eigenvalue weighted by Gasteiger charge is 2.34. The van der Waals surface area contributed by atoms with Crippen LogP contribution in [0.4, 0.5) is 5.69 Å². The number of aromatic nitrogens is 1. The molecule has 146 valence electrons. The van der Waals surface area contributed by atoms with Crippen LogP contribution in [0, 0.1) is 0 Å². The quantitative estimate of drug-likeness (QED) is 0.490. The van der Waals surface area contributed by atoms with E-state index in [0.717, 1.165) is 17.3 Å². The van der Waals surface area contributed by atoms with E-state index in [1.165, 1.54) is 4.90 Å². The number of anilines is 1. The van der Waals surface area contributed by atoms with Gasteiger partial charge in [0.05, 0.1) is 22.3 Å². The van der Waals surface area contributed by atoms with Crippen molar-refractivity contribution in [1.29, 1.82) is 0 Å². The highest BCUT2D eigenvalue weighted by Crippen LogP contribution is 2.23. The summed E-state index contributed by atoms with van der Waals surface area (Å²) in [4.78, 5) is 42.6. The first kappa shape index (κ1) is 18.8. The summed E-state index contributed by atoms with van der Waals surface area (Å²) in [5, 5.41) is 3.90. The van der Waals surface area contributed by atoms with Crippen molar-refractivity contribution in [2.45, 2.75) is 25.7 Å². The Kier molecular flexibility index (Phi) is 5.33. The standard InChI is InChI=1S/C23H21N3O3/c27-20(25-19-12-6-8-16-9-7-14-24-21(16)19)13-2-1-5-15-26-22(28)17-10-3-4-11-18(17)23(26)29/h3-4,6-12,14H,1-2,5,13,15H2,(H,25,27). The van der Waals surface area contributed by atoms with Crippen molar-refractivity contribution in [2.75, 3.05) is 11.9 Å². The predicted octanol–water partition coefficient (Wildman–Crippen LogP) is 4.03. The average Bonchev–Trinajstić information content (AvgIpc) is 2.99. The highest BCUT2D eigenvalue weighted by atomic mass is 16.2. The summed E-state index contributed by atoms with van der Waals surface area (Å²) in [5.41, 5.74) is 2.43. The van der Waals surface area contributed by atoms with Crippen LogP contribution in [0.15, 0.2) is 60.8 Å². The summed E-state index contributed by atoms with van der Waals surface area (Å²) in [6.07, 6.45) is 4.21. The van der Waals surface area contributed by atoms with E-state index in [4.69, 9.17) is 0 Å². The van der Waals surface area contributed by atoms with Crippen LogP contribution in [-0.4, -0.2) is 34.2 Å². The molecule has 4 rings (SSSR count). The molecule has 0 radical (unpaired) electrons. The fourth-order valence-corrected chi connectivity index (χ4v) is 3.59. The van der Waals surface area contributed by atoms with Crippen LogP contribution < -0.4 is 5.32 Å². The lowest BCUT2D eigenvalue weighted by Crippen LogP contribution is -2.30. The van der Waals surface area contributed by atoms with Crippen molar-refractivity contribution in [1.82, 2.24) is 9.88 Å². The molecular formula is C23H21N3O3. The summed E-state index contributed by atoms with van der Waals surface area (Å²) in [6.45, 7) is 0.376. The van der Waals surface area contributed by atoms with E-state index in [2.05, 4.69) is 10.3 Å². The summed E-state index contributed by atoms with van der Waals surface area (Å²) in [5.74, 6) is -0.525. The minimum Gasteiger partial charge on any atom is -0.324 e. The molecule has 0 saturated carbocycles. The third-order valence-corrected chi connectivity index (χ3v) is 5.07. The van der Waals surface area contributed by atoms with Gasteiger partial charge in [-0.25, -0.2) is 0 Å². The lowest BCUT2D eigenvalue weighted by molar-refractivity contribution is -0.116. The molecule has 6 heteroatoms. The Hall–Kier alpha value is -3.54. The molecule has 2 aromatic carbocycles. The molecule has 0 bridgehead atoms. The second-order valence-corrected chi connectivity index (χ2v) is 7.05. The fourth-order valence-electron chi connectivity index (χ4n) is 3.59. The van der Waals surface area contributed by atoms with E-state index in [0.29, 0.717) is 42.6 Å². The summed E-state index contributed by atoms with van der Waals surface area (Å²) >= 11 is 0. The Morgan fingerprint density at radius 3 is 2.34 bits per heavy atom. The van der Waals surface area contributed by atoms with Gasteiger partial charge in [0.2, 0.25) is 5.91 Å². The van der Waals surface area contributed by atoms with E-state index in [9.17, 15) is 14.4 Å². The van der Waals surface area contributed by atoms with Crippen molar-refractivity contribution >= 4 is 34.3 Å². The van der Waals surface area contributed by atoms with Crippen LogP contribution in [0.2, 0.25) is 0 Å². The minimum absolute atomic E-state index is 0.0658. The molecule has 0 atom stereocenters. The zero-order valence-corrected chi connectivity index (χ0v) is 15.9. The van der Waals surface area contributed by atoms with Gasteiger partial charge < -0.3 is 5.32 Å². The number of para-hydroxylation sites is 1. The van der Waals surface area contributed by atoms with Gasteiger partial charge in [0, 0.05) is 24.5 Å². The topological polar surface area (TPSA) is 79.4 Å². The summed E-state index contributed by atoms with van der Waals surface area (Å²) < 4.78 is 0. The molecule has 0 unspecified atom stereocenters. The first-order valence-corrected chi connectivity index (χ1v) is 9.74. The van der Waals surface area contributed by atoms with Gasteiger partial charge in [0.15, 0.2) is 0 Å². The first-order chi connectivity index (χ1) is 14.1. The molecule has 1 N–H and O–H groups in total. The number of imide groups is 1. The van der Waals surface area contributed by atoms with Crippen LogP contribution in [0.25, 0.3) is 10.9 Å². The van der Waals surface area contributed by atoms with Crippen LogP contribution >= 0.6 is 0 Å². The van der Waals surface area contributed by atoms with Gasteiger partial charge in [-0.05, 0) is 37.1 Å². The van der Waals surface area contributed by atoms with Crippen LogP contribution in [0.1, 0.15) is 46.4 Å². The third-order valence-electron chi connectivity index (χ3n) is 5.07. The van der Waals surface area contributed by atoms with Gasteiger partial charge in [-0.15, -0.1) is 0 Å². The molecule has 0 spiro atoms. The van der Waals surface area contributed by atoms with Gasteiger partial charge in [0.25, 0.3) is 11.8 Å². The van der Waals surface area contributed by atoms with E-state index < -0.39 is 0 Å². The molecule has 29 heavy (non-hydrogen) atoms. The molecule has 0 fully saturated rings. The van der Waals surface area contributed by atoms with Crippen molar-refractivity contribution in [3.63, 3.8) is 0 Å². The van der Waals surface area contributed by atoms with E-state index in [1.54, 1.807) is 30.5 Å². The first-order valence-electron chi connectivity index (χ1n) is 9.74. The maximum absolute atomic E-state index is 12.3. The van der Waals surface area contributed by atoms with Crippen LogP contribution in [-0.2, 0) is 4.79 Å². The number of carbonyl (C=O) groups is 3. The van der Waals surface area contributed by atoms with Gasteiger partial charge in [-0.1, -0.05) is 36.8 Å². The van der Waals surface area contributed by atoms with Gasteiger partial charge in [0.1, 0.15) is 0 Å². The average molecular weight is 387 g/mol. The third kappa shape index (κ3) is 3.87. The monoisotopic (exact) mass is 387 g/mol. The maximum atomic E-state index is 12.3. The molecule has 6 nitrogen and oxygen atoms in total. The molecule has 3 aromatic rings. The molecule has 1 aliphatic heterocycles. The molecule has 1 aliphatic rings. The number of fused-ring (bicyclic) bond motifs is 2. The number of pyridine rings is 1. The van der Waals surface area contributed by atoms with Gasteiger partial charge in [-0.2, -0.15) is 0 Å². The number of amides is 3. The smallest absolute Gasteiger partial charge is 0.261 e. The maximum Gasteiger partial charge on any atom is 0.261 e. The lowest BCUT2D eigenvalue weighted by atomic mass is 10.1. The number of nitrogens with one attached hydrogen (secondary N) is 1. The van der Waals surface area contributed by atoms with Crippen LogP contribution in [0.3, 0.4) is 0 Å². The molecule has 0 aliphatic carbocycles.